The van der Waals surface area contributed by atoms with Crippen LogP contribution in [0.2, 0.25) is 0 Å². The van der Waals surface area contributed by atoms with Gasteiger partial charge in [-0.05, 0) is 97.7 Å². The van der Waals surface area contributed by atoms with Crippen LogP contribution in [-0.2, 0) is 23.8 Å². The molecular weight excluding hydrogens is 600 g/mol. The number of carboxylic acid groups (broad SMARTS) is 2. The van der Waals surface area contributed by atoms with E-state index in [-0.39, 0.29) is 5.60 Å². The molecule has 0 fully saturated rings. The van der Waals surface area contributed by atoms with Gasteiger partial charge in [0.05, 0.1) is 19.3 Å². The average Bonchev–Trinajstić information content (AvgIpc) is 2.91. The Hall–Kier alpha value is -4.52. The van der Waals surface area contributed by atoms with E-state index < -0.39 is 47.4 Å². The number of aliphatic carboxylic acids is 2. The fourth-order valence-corrected chi connectivity index (χ4v) is 3.49. The number of carboxylic acids is 2. The molecule has 0 aromatic heterocycles. The third kappa shape index (κ3) is 16.5. The fourth-order valence-electron chi connectivity index (χ4n) is 3.49. The van der Waals surface area contributed by atoms with E-state index in [0.29, 0.717) is 35.8 Å². The summed E-state index contributed by atoms with van der Waals surface area (Å²) in [4.78, 5) is 46.2. The van der Waals surface area contributed by atoms with E-state index in [2.05, 4.69) is 10.6 Å². The molecule has 0 saturated carbocycles. The Morgan fingerprint density at radius 3 is 1.28 bits per heavy atom. The molecule has 0 aliphatic carbocycles. The number of ether oxygens (including phenoxy) is 5. The normalized spacial score (nSPS) is 12.7. The maximum Gasteiger partial charge on any atom is 0.408 e. The summed E-state index contributed by atoms with van der Waals surface area (Å²) in [5.74, 6) is -1.15. The van der Waals surface area contributed by atoms with E-state index in [1.54, 1.807) is 90.1 Å². The van der Waals surface area contributed by atoms with Crippen molar-refractivity contribution in [1.29, 1.82) is 0 Å². The first kappa shape index (κ1) is 39.5. The van der Waals surface area contributed by atoms with Crippen molar-refractivity contribution in [2.45, 2.75) is 91.2 Å². The van der Waals surface area contributed by atoms with Gasteiger partial charge in [0.1, 0.15) is 29.3 Å². The molecule has 0 saturated heterocycles. The highest BCUT2D eigenvalue weighted by Gasteiger charge is 2.26. The van der Waals surface area contributed by atoms with Gasteiger partial charge in [0.25, 0.3) is 0 Å². The topological polar surface area (TPSA) is 179 Å². The summed E-state index contributed by atoms with van der Waals surface area (Å²) in [5, 5.41) is 23.3. The lowest BCUT2D eigenvalue weighted by Gasteiger charge is -2.22. The number of carbonyl (C=O) groups excluding carboxylic acids is 2. The minimum atomic E-state index is -1.21. The number of methoxy groups -OCH3 is 1. The van der Waals surface area contributed by atoms with Crippen molar-refractivity contribution >= 4 is 24.1 Å². The predicted molar refractivity (Wildman–Crippen MR) is 170 cm³/mol. The lowest BCUT2D eigenvalue weighted by Crippen LogP contribution is -2.38. The maximum absolute atomic E-state index is 11.8. The number of amides is 2. The zero-order valence-corrected chi connectivity index (χ0v) is 28.3. The van der Waals surface area contributed by atoms with E-state index in [1.807, 2.05) is 20.8 Å². The maximum atomic E-state index is 11.8. The molecule has 13 heteroatoms. The van der Waals surface area contributed by atoms with Crippen molar-refractivity contribution in [2.75, 3.05) is 20.3 Å². The number of hydrogen-bond donors (Lipinski definition) is 4. The van der Waals surface area contributed by atoms with E-state index >= 15 is 0 Å². The minimum absolute atomic E-state index is 0.227. The monoisotopic (exact) mass is 648 g/mol. The molecule has 4 N–H and O–H groups in total. The van der Waals surface area contributed by atoms with E-state index in [9.17, 15) is 29.4 Å². The smallest absolute Gasteiger partial charge is 0.408 e. The molecular formula is C33H48N2O11. The van der Waals surface area contributed by atoms with Crippen LogP contribution in [0.3, 0.4) is 0 Å². The van der Waals surface area contributed by atoms with E-state index in [4.69, 9.17) is 23.7 Å². The molecule has 0 radical (unpaired) electrons. The van der Waals surface area contributed by atoms with E-state index in [0.717, 1.165) is 0 Å². The number of alkyl carbamates (subject to hydrolysis) is 2. The van der Waals surface area contributed by atoms with Crippen LogP contribution in [0, 0.1) is 0 Å². The highest BCUT2D eigenvalue weighted by molar-refractivity contribution is 5.82. The quantitative estimate of drug-likeness (QED) is 0.214. The molecule has 2 rings (SSSR count). The first-order valence-corrected chi connectivity index (χ1v) is 14.6. The van der Waals surface area contributed by atoms with Gasteiger partial charge in [-0.2, -0.15) is 0 Å². The molecule has 2 aromatic carbocycles. The molecule has 0 spiro atoms. The van der Waals surface area contributed by atoms with Gasteiger partial charge in [0, 0.05) is 0 Å². The molecule has 2 atom stereocenters. The van der Waals surface area contributed by atoms with E-state index in [1.165, 1.54) is 7.11 Å². The molecule has 2 aromatic rings. The lowest BCUT2D eigenvalue weighted by molar-refractivity contribution is -0.140. The molecule has 46 heavy (non-hydrogen) atoms. The van der Waals surface area contributed by atoms with Crippen LogP contribution in [-0.4, -0.2) is 71.5 Å². The standard InChI is InChI=1S/C19H29NO6.C14H19NO5/c1-18(2,3)25-12-11-24-14-9-7-13(8-10-14)15(16(21)22)20-17(23)26-19(4,5)6;1-14(2,3)20-13(18)15-11(12(16)17)9-5-7-10(19-4)8-6-9/h7-10,15H,11-12H2,1-6H3,(H,20,23)(H,21,22);5-8,11H,1-4H3,(H,15,18)(H,16,17)/t15-;11-/m11/s1. The second-order valence-electron chi connectivity index (χ2n) is 13.0. The van der Waals surface area contributed by atoms with Crippen LogP contribution < -0.4 is 20.1 Å². The number of rotatable bonds is 11. The van der Waals surface area contributed by atoms with Crippen molar-refractivity contribution in [3.8, 4) is 11.5 Å². The Balaban J connectivity index is 0.000000476. The van der Waals surface area contributed by atoms with Gasteiger partial charge in [-0.15, -0.1) is 0 Å². The molecule has 0 bridgehead atoms. The summed E-state index contributed by atoms with van der Waals surface area (Å²) < 4.78 is 26.3. The summed E-state index contributed by atoms with van der Waals surface area (Å²) in [7, 11) is 1.52. The fraction of sp³-hybridized carbons (Fsp3) is 0.515. The van der Waals surface area contributed by atoms with Gasteiger partial charge < -0.3 is 44.5 Å². The molecule has 2 amide bonds. The third-order valence-electron chi connectivity index (χ3n) is 5.37. The SMILES string of the molecule is CC(C)(C)OCCOc1ccc([C@@H](NC(=O)OC(C)(C)C)C(=O)O)cc1.COc1ccc([C@@H](NC(=O)OC(C)(C)C)C(=O)O)cc1. The second kappa shape index (κ2) is 17.2. The van der Waals surface area contributed by atoms with Crippen LogP contribution in [0.25, 0.3) is 0 Å². The predicted octanol–water partition coefficient (Wildman–Crippen LogP) is 5.88. The van der Waals surface area contributed by atoms with Gasteiger partial charge >= 0.3 is 24.1 Å². The largest absolute Gasteiger partial charge is 0.497 e. The first-order chi connectivity index (χ1) is 21.1. The Bertz CT molecular complexity index is 1270. The van der Waals surface area contributed by atoms with Crippen molar-refractivity contribution in [3.05, 3.63) is 59.7 Å². The van der Waals surface area contributed by atoms with Crippen LogP contribution in [0.5, 0.6) is 11.5 Å². The van der Waals surface area contributed by atoms with Crippen molar-refractivity contribution in [3.63, 3.8) is 0 Å². The minimum Gasteiger partial charge on any atom is -0.497 e. The molecule has 0 aliphatic heterocycles. The van der Waals surface area contributed by atoms with Crippen LogP contribution >= 0.6 is 0 Å². The zero-order chi connectivity index (χ0) is 35.3. The molecule has 0 heterocycles. The molecule has 0 unspecified atom stereocenters. The Kier molecular flexibility index (Phi) is 14.8. The third-order valence-corrected chi connectivity index (χ3v) is 5.37. The molecule has 0 aliphatic rings. The van der Waals surface area contributed by atoms with Gasteiger partial charge in [0.15, 0.2) is 12.1 Å². The second-order valence-corrected chi connectivity index (χ2v) is 13.0. The Morgan fingerprint density at radius 1 is 0.609 bits per heavy atom. The zero-order valence-electron chi connectivity index (χ0n) is 28.3. The molecule has 13 nitrogen and oxygen atoms in total. The lowest BCUT2D eigenvalue weighted by atomic mass is 10.1. The Morgan fingerprint density at radius 2 is 0.978 bits per heavy atom. The van der Waals surface area contributed by atoms with Gasteiger partial charge in [-0.25, -0.2) is 19.2 Å². The number of carbonyl (C=O) groups is 4. The van der Waals surface area contributed by atoms with Crippen LogP contribution in [0.4, 0.5) is 9.59 Å². The van der Waals surface area contributed by atoms with Crippen LogP contribution in [0.1, 0.15) is 85.5 Å². The Labute approximate surface area is 270 Å². The van der Waals surface area contributed by atoms with Crippen LogP contribution in [0.15, 0.2) is 48.5 Å². The summed E-state index contributed by atoms with van der Waals surface area (Å²) in [6.07, 6.45) is -1.56. The summed E-state index contributed by atoms with van der Waals surface area (Å²) in [6.45, 7) is 17.0. The number of nitrogens with one attached hydrogen (secondary N) is 2. The highest BCUT2D eigenvalue weighted by atomic mass is 16.6. The van der Waals surface area contributed by atoms with Crippen molar-refractivity contribution in [2.24, 2.45) is 0 Å². The highest BCUT2D eigenvalue weighted by Crippen LogP contribution is 2.21. The van der Waals surface area contributed by atoms with Crippen molar-refractivity contribution in [1.82, 2.24) is 10.6 Å². The summed E-state index contributed by atoms with van der Waals surface area (Å²) >= 11 is 0. The molecule has 256 valence electrons. The summed E-state index contributed by atoms with van der Waals surface area (Å²) in [5.41, 5.74) is -0.770. The van der Waals surface area contributed by atoms with Gasteiger partial charge in [-0.1, -0.05) is 24.3 Å². The number of hydrogen-bond acceptors (Lipinski definition) is 9. The van der Waals surface area contributed by atoms with Crippen molar-refractivity contribution < 1.29 is 53.1 Å². The first-order valence-electron chi connectivity index (χ1n) is 14.6. The van der Waals surface area contributed by atoms with Gasteiger partial charge in [0.2, 0.25) is 0 Å². The van der Waals surface area contributed by atoms with Gasteiger partial charge in [-0.3, -0.25) is 0 Å². The average molecular weight is 649 g/mol. The summed E-state index contributed by atoms with van der Waals surface area (Å²) in [6, 6.07) is 10.5. The number of benzene rings is 2.